The molecule has 0 unspecified atom stereocenters. The number of hydrogen-bond acceptors (Lipinski definition) is 6. The number of hydrogen-bond donors (Lipinski definition) is 0. The van der Waals surface area contributed by atoms with Crippen molar-refractivity contribution in [1.82, 2.24) is 19.7 Å². The van der Waals surface area contributed by atoms with E-state index in [0.717, 1.165) is 42.0 Å². The lowest BCUT2D eigenvalue weighted by molar-refractivity contribution is 0.414. The quantitative estimate of drug-likeness (QED) is 0.705. The van der Waals surface area contributed by atoms with Crippen molar-refractivity contribution >= 4 is 16.9 Å². The number of rotatable bonds is 5. The van der Waals surface area contributed by atoms with Crippen molar-refractivity contribution in [2.24, 2.45) is 0 Å². The molecule has 1 atom stereocenters. The van der Waals surface area contributed by atoms with E-state index >= 15 is 0 Å². The highest BCUT2D eigenvalue weighted by atomic mass is 16.5. The fourth-order valence-corrected chi connectivity index (χ4v) is 3.62. The standard InChI is InChI=1S/C19H20N6O/c1-26-15-7-5-14(6-8-15)17-4-2-10-24(17)18-16-12-23-25(11-3-9-20)19(16)22-13-21-18/h5-8,12-13,17H,2-4,10-11H2,1H3/t17-/m0/s1. The normalized spacial score (nSPS) is 16.8. The van der Waals surface area contributed by atoms with E-state index in [9.17, 15) is 0 Å². The zero-order valence-electron chi connectivity index (χ0n) is 14.7. The third kappa shape index (κ3) is 2.84. The van der Waals surface area contributed by atoms with Crippen LogP contribution in [0.15, 0.2) is 36.8 Å². The van der Waals surface area contributed by atoms with E-state index < -0.39 is 0 Å². The summed E-state index contributed by atoms with van der Waals surface area (Å²) >= 11 is 0. The minimum atomic E-state index is 0.279. The van der Waals surface area contributed by atoms with Crippen molar-refractivity contribution in [3.8, 4) is 11.8 Å². The Bertz CT molecular complexity index is 943. The predicted molar refractivity (Wildman–Crippen MR) is 97.9 cm³/mol. The summed E-state index contributed by atoms with van der Waals surface area (Å²) < 4.78 is 7.05. The van der Waals surface area contributed by atoms with Gasteiger partial charge in [-0.1, -0.05) is 12.1 Å². The van der Waals surface area contributed by atoms with Gasteiger partial charge in [-0.15, -0.1) is 0 Å². The summed E-state index contributed by atoms with van der Waals surface area (Å²) in [6.07, 6.45) is 6.01. The maximum absolute atomic E-state index is 8.82. The average Bonchev–Trinajstić information content (AvgIpc) is 3.33. The number of anilines is 1. The molecule has 0 bridgehead atoms. The smallest absolute Gasteiger partial charge is 0.163 e. The van der Waals surface area contributed by atoms with Crippen LogP contribution in [0.25, 0.3) is 11.0 Å². The minimum Gasteiger partial charge on any atom is -0.497 e. The van der Waals surface area contributed by atoms with Crippen LogP contribution in [0.2, 0.25) is 0 Å². The van der Waals surface area contributed by atoms with Crippen molar-refractivity contribution in [1.29, 1.82) is 5.26 Å². The first-order chi connectivity index (χ1) is 12.8. The zero-order valence-corrected chi connectivity index (χ0v) is 14.7. The topological polar surface area (TPSA) is 79.9 Å². The molecular formula is C19H20N6O. The Morgan fingerprint density at radius 3 is 2.88 bits per heavy atom. The van der Waals surface area contributed by atoms with Gasteiger partial charge in [0.2, 0.25) is 0 Å². The van der Waals surface area contributed by atoms with Crippen LogP contribution in [-0.4, -0.2) is 33.4 Å². The maximum atomic E-state index is 8.82. The van der Waals surface area contributed by atoms with E-state index in [2.05, 4.69) is 38.2 Å². The van der Waals surface area contributed by atoms with Crippen LogP contribution in [-0.2, 0) is 6.54 Å². The number of benzene rings is 1. The Morgan fingerprint density at radius 2 is 2.12 bits per heavy atom. The highest BCUT2D eigenvalue weighted by Crippen LogP contribution is 2.38. The molecule has 1 fully saturated rings. The largest absolute Gasteiger partial charge is 0.497 e. The molecule has 7 nitrogen and oxygen atoms in total. The molecule has 0 N–H and O–H groups in total. The SMILES string of the molecule is COc1ccc([C@@H]2CCCN2c2ncnc3c2cnn3CCC#N)cc1. The number of methoxy groups -OCH3 is 1. The van der Waals surface area contributed by atoms with Crippen molar-refractivity contribution < 1.29 is 4.74 Å². The molecule has 26 heavy (non-hydrogen) atoms. The van der Waals surface area contributed by atoms with Crippen molar-refractivity contribution in [2.45, 2.75) is 31.8 Å². The molecule has 4 rings (SSSR count). The Balaban J connectivity index is 1.69. The van der Waals surface area contributed by atoms with Gasteiger partial charge in [-0.2, -0.15) is 10.4 Å². The van der Waals surface area contributed by atoms with Crippen molar-refractivity contribution in [3.05, 3.63) is 42.4 Å². The van der Waals surface area contributed by atoms with Gasteiger partial charge in [-0.25, -0.2) is 14.6 Å². The van der Waals surface area contributed by atoms with Crippen molar-refractivity contribution in [2.75, 3.05) is 18.6 Å². The van der Waals surface area contributed by atoms with Crippen LogP contribution in [0, 0.1) is 11.3 Å². The third-order valence-corrected chi connectivity index (χ3v) is 4.87. The molecule has 3 aromatic rings. The van der Waals surface area contributed by atoms with Crippen LogP contribution in [0.5, 0.6) is 5.75 Å². The van der Waals surface area contributed by atoms with E-state index in [4.69, 9.17) is 10.00 Å². The average molecular weight is 348 g/mol. The second-order valence-electron chi connectivity index (χ2n) is 6.33. The molecule has 0 amide bonds. The molecule has 1 saturated heterocycles. The van der Waals surface area contributed by atoms with E-state index in [-0.39, 0.29) is 6.04 Å². The number of nitrogens with zero attached hydrogens (tertiary/aromatic N) is 6. The van der Waals surface area contributed by atoms with E-state index in [1.165, 1.54) is 5.56 Å². The number of aromatic nitrogens is 4. The van der Waals surface area contributed by atoms with Gasteiger partial charge < -0.3 is 9.64 Å². The molecule has 0 aliphatic carbocycles. The summed E-state index contributed by atoms with van der Waals surface area (Å²) in [7, 11) is 1.68. The van der Waals surface area contributed by atoms with Gasteiger partial charge in [0, 0.05) is 6.54 Å². The highest BCUT2D eigenvalue weighted by molar-refractivity contribution is 5.87. The summed E-state index contributed by atoms with van der Waals surface area (Å²) in [6, 6.07) is 10.7. The molecule has 1 aliphatic heterocycles. The molecule has 2 aromatic heterocycles. The number of fused-ring (bicyclic) bond motifs is 1. The van der Waals surface area contributed by atoms with Gasteiger partial charge in [-0.05, 0) is 30.5 Å². The zero-order chi connectivity index (χ0) is 17.9. The van der Waals surface area contributed by atoms with Gasteiger partial charge >= 0.3 is 0 Å². The molecule has 0 spiro atoms. The lowest BCUT2D eigenvalue weighted by Gasteiger charge is -2.26. The minimum absolute atomic E-state index is 0.279. The first-order valence-electron chi connectivity index (χ1n) is 8.76. The fourth-order valence-electron chi connectivity index (χ4n) is 3.62. The Morgan fingerprint density at radius 1 is 1.27 bits per heavy atom. The van der Waals surface area contributed by atoms with Crippen molar-refractivity contribution in [3.63, 3.8) is 0 Å². The third-order valence-electron chi connectivity index (χ3n) is 4.87. The second-order valence-corrected chi connectivity index (χ2v) is 6.33. The summed E-state index contributed by atoms with van der Waals surface area (Å²) in [6.45, 7) is 1.49. The van der Waals surface area contributed by atoms with Crippen LogP contribution in [0.4, 0.5) is 5.82 Å². The summed E-state index contributed by atoms with van der Waals surface area (Å²) in [5.74, 6) is 1.78. The molecule has 0 saturated carbocycles. The van der Waals surface area contributed by atoms with Gasteiger partial charge in [0.05, 0.1) is 43.8 Å². The number of aryl methyl sites for hydroxylation is 1. The van der Waals surface area contributed by atoms with Gasteiger partial charge in [0.25, 0.3) is 0 Å². The molecule has 3 heterocycles. The van der Waals surface area contributed by atoms with Crippen LogP contribution in [0.3, 0.4) is 0 Å². The second kappa shape index (κ2) is 7.00. The first kappa shape index (κ1) is 16.3. The molecule has 7 heteroatoms. The Kier molecular flexibility index (Phi) is 4.40. The fraction of sp³-hybridized carbons (Fsp3) is 0.368. The summed E-state index contributed by atoms with van der Waals surface area (Å²) in [5.41, 5.74) is 2.04. The monoisotopic (exact) mass is 348 g/mol. The highest BCUT2D eigenvalue weighted by Gasteiger charge is 2.29. The Labute approximate surface area is 151 Å². The molecule has 1 aromatic carbocycles. The van der Waals surface area contributed by atoms with Gasteiger partial charge in [0.15, 0.2) is 5.65 Å². The number of ether oxygens (including phenoxy) is 1. The molecule has 1 aliphatic rings. The number of nitriles is 1. The van der Waals surface area contributed by atoms with Gasteiger partial charge in [0.1, 0.15) is 17.9 Å². The summed E-state index contributed by atoms with van der Waals surface area (Å²) in [4.78, 5) is 11.3. The predicted octanol–water partition coefficient (Wildman–Crippen LogP) is 3.09. The van der Waals surface area contributed by atoms with Crippen LogP contribution < -0.4 is 9.64 Å². The van der Waals surface area contributed by atoms with Crippen LogP contribution >= 0.6 is 0 Å². The summed E-state index contributed by atoms with van der Waals surface area (Å²) in [5, 5.41) is 14.2. The Hall–Kier alpha value is -3.14. The maximum Gasteiger partial charge on any atom is 0.163 e. The lowest BCUT2D eigenvalue weighted by Crippen LogP contribution is -2.23. The van der Waals surface area contributed by atoms with E-state index in [1.54, 1.807) is 18.1 Å². The van der Waals surface area contributed by atoms with Gasteiger partial charge in [-0.3, -0.25) is 0 Å². The first-order valence-corrected chi connectivity index (χ1v) is 8.76. The van der Waals surface area contributed by atoms with E-state index in [0.29, 0.717) is 13.0 Å². The van der Waals surface area contributed by atoms with Crippen LogP contribution in [0.1, 0.15) is 30.9 Å². The molecule has 132 valence electrons. The molecule has 0 radical (unpaired) electrons. The lowest BCUT2D eigenvalue weighted by atomic mass is 10.0. The molecular weight excluding hydrogens is 328 g/mol. The van der Waals surface area contributed by atoms with E-state index in [1.807, 2.05) is 18.3 Å².